The van der Waals surface area contributed by atoms with E-state index in [1.807, 2.05) is 60.7 Å². The number of aryl methyl sites for hydroxylation is 1. The average molecular weight is 566 g/mol. The topological polar surface area (TPSA) is 170 Å². The molecule has 3 aromatic rings. The molecule has 0 aromatic heterocycles. The summed E-state index contributed by atoms with van der Waals surface area (Å²) in [5.74, 6) is -1.74. The molecule has 0 radical (unpaired) electrons. The van der Waals surface area contributed by atoms with Gasteiger partial charge in [0.15, 0.2) is 0 Å². The van der Waals surface area contributed by atoms with Crippen LogP contribution < -0.4 is 17.2 Å². The number of carbonyl (C=O) groups is 3. The van der Waals surface area contributed by atoms with Gasteiger partial charge in [0.05, 0.1) is 6.42 Å². The third-order valence-corrected chi connectivity index (χ3v) is 5.70. The number of rotatable bonds is 13. The van der Waals surface area contributed by atoms with Crippen molar-refractivity contribution < 1.29 is 24.6 Å². The summed E-state index contributed by atoms with van der Waals surface area (Å²) >= 11 is 0. The molecule has 0 aliphatic rings. The molecule has 8 nitrogen and oxygen atoms in total. The monoisotopic (exact) mass is 565 g/mol. The summed E-state index contributed by atoms with van der Waals surface area (Å²) in [5.41, 5.74) is 19.9. The lowest BCUT2D eigenvalue weighted by Crippen LogP contribution is -2.30. The summed E-state index contributed by atoms with van der Waals surface area (Å²) in [5, 5.41) is 16.6. The van der Waals surface area contributed by atoms with Crippen molar-refractivity contribution in [1.29, 1.82) is 0 Å². The lowest BCUT2D eigenvalue weighted by atomic mass is 10.1. The van der Waals surface area contributed by atoms with Gasteiger partial charge in [0.25, 0.3) is 0 Å². The molecule has 0 unspecified atom stereocenters. The van der Waals surface area contributed by atoms with Gasteiger partial charge in [-0.2, -0.15) is 0 Å². The van der Waals surface area contributed by atoms with Gasteiger partial charge < -0.3 is 27.4 Å². The fourth-order valence-electron chi connectivity index (χ4n) is 3.39. The Labute approximate surface area is 244 Å². The Balaban J connectivity index is 0.000000527. The zero-order valence-electron chi connectivity index (χ0n) is 24.2. The van der Waals surface area contributed by atoms with Gasteiger partial charge >= 0.3 is 11.9 Å². The molecule has 41 heavy (non-hydrogen) atoms. The quantitative estimate of drug-likeness (QED) is 0.144. The molecule has 3 rings (SSSR count). The number of aldehydes is 1. The minimum absolute atomic E-state index is 0.112. The number of carboxylic acid groups (broad SMARTS) is 2. The molecule has 3 aromatic carbocycles. The van der Waals surface area contributed by atoms with Gasteiger partial charge in [-0.25, -0.2) is 0 Å². The molecular formula is C33H47N3O5. The molecule has 1 atom stereocenters. The molecule has 0 aliphatic carbocycles. The lowest BCUT2D eigenvalue weighted by molar-refractivity contribution is -0.139. The normalized spacial score (nSPS) is 10.3. The molecule has 0 fully saturated rings. The van der Waals surface area contributed by atoms with E-state index in [1.165, 1.54) is 30.4 Å². The van der Waals surface area contributed by atoms with Crippen LogP contribution in [0.25, 0.3) is 0 Å². The number of aliphatic carboxylic acids is 2. The fraction of sp³-hybridized carbons (Fsp3) is 0.364. The lowest BCUT2D eigenvalue weighted by Gasteiger charge is -2.02. The first-order chi connectivity index (χ1) is 19.8. The van der Waals surface area contributed by atoms with E-state index in [9.17, 15) is 14.4 Å². The predicted octanol–water partition coefficient (Wildman–Crippen LogP) is 4.87. The molecule has 224 valence electrons. The van der Waals surface area contributed by atoms with Gasteiger partial charge in [-0.05, 0) is 61.9 Å². The van der Waals surface area contributed by atoms with Crippen molar-refractivity contribution >= 4 is 18.2 Å². The summed E-state index contributed by atoms with van der Waals surface area (Å²) in [6.07, 6.45) is 8.04. The van der Waals surface area contributed by atoms with Crippen LogP contribution in [0.3, 0.4) is 0 Å². The van der Waals surface area contributed by atoms with E-state index >= 15 is 0 Å². The van der Waals surface area contributed by atoms with Crippen molar-refractivity contribution in [1.82, 2.24) is 0 Å². The van der Waals surface area contributed by atoms with Gasteiger partial charge in [0.2, 0.25) is 0 Å². The minimum Gasteiger partial charge on any atom is -0.481 e. The Bertz CT molecular complexity index is 1060. The Morgan fingerprint density at radius 3 is 1.71 bits per heavy atom. The highest BCUT2D eigenvalue weighted by Crippen LogP contribution is 2.07. The molecule has 0 saturated carbocycles. The molecule has 0 spiro atoms. The van der Waals surface area contributed by atoms with E-state index in [-0.39, 0.29) is 6.42 Å². The third-order valence-electron chi connectivity index (χ3n) is 5.70. The smallest absolute Gasteiger partial charge is 0.320 e. The third kappa shape index (κ3) is 21.6. The first-order valence-corrected chi connectivity index (χ1v) is 14.0. The van der Waals surface area contributed by atoms with Crippen LogP contribution in [0.5, 0.6) is 0 Å². The van der Waals surface area contributed by atoms with E-state index in [4.69, 9.17) is 27.4 Å². The van der Waals surface area contributed by atoms with E-state index in [0.717, 1.165) is 36.8 Å². The summed E-state index contributed by atoms with van der Waals surface area (Å²) in [6, 6.07) is 26.5. The number of carbonyl (C=O) groups excluding carboxylic acids is 1. The number of hydrogen-bond acceptors (Lipinski definition) is 6. The zero-order chi connectivity index (χ0) is 30.7. The number of hydrogen-bond donors (Lipinski definition) is 5. The Kier molecular flexibility index (Phi) is 22.8. The first kappa shape index (κ1) is 37.1. The molecular weight excluding hydrogens is 518 g/mol. The van der Waals surface area contributed by atoms with Crippen molar-refractivity contribution in [3.8, 4) is 0 Å². The van der Waals surface area contributed by atoms with E-state index in [0.29, 0.717) is 19.4 Å². The van der Waals surface area contributed by atoms with Crippen LogP contribution in [0, 0.1) is 0 Å². The summed E-state index contributed by atoms with van der Waals surface area (Å²) in [6.45, 7) is 3.44. The fourth-order valence-corrected chi connectivity index (χ4v) is 3.39. The predicted molar refractivity (Wildman–Crippen MR) is 166 cm³/mol. The molecule has 0 heterocycles. The van der Waals surface area contributed by atoms with Crippen LogP contribution in [0.1, 0.15) is 66.1 Å². The minimum atomic E-state index is -0.955. The van der Waals surface area contributed by atoms with Crippen LogP contribution in [-0.2, 0) is 28.9 Å². The van der Waals surface area contributed by atoms with Crippen LogP contribution in [0.2, 0.25) is 0 Å². The second kappa shape index (κ2) is 25.1. The van der Waals surface area contributed by atoms with Crippen molar-refractivity contribution in [3.63, 3.8) is 0 Å². The van der Waals surface area contributed by atoms with E-state index in [2.05, 4.69) is 19.1 Å². The number of nitrogens with two attached hydrogens (primary N) is 3. The van der Waals surface area contributed by atoms with Crippen molar-refractivity contribution in [2.45, 2.75) is 64.3 Å². The Hall–Kier alpha value is -3.85. The van der Waals surface area contributed by atoms with Gasteiger partial charge in [0, 0.05) is 5.56 Å². The largest absolute Gasteiger partial charge is 0.481 e. The standard InChI is InChI=1S/C12H16O.C8H11N.C8H8O2.C5H12N2O2/c1-2-3-4-5-11-6-8-12(10-13)9-7-11;9-7-6-8-4-2-1-3-5-8;9-8(10)6-7-4-2-1-3-5-7;6-3-1-2-4(7)5(8)9/h6-10H,2-5H2,1H3;1-5H,6-7,9H2;1-5H,6H2,(H,9,10);4H,1-3,6-7H2,(H,8,9)/t;;;4-/m...0/s1. The van der Waals surface area contributed by atoms with E-state index in [1.54, 1.807) is 12.1 Å². The zero-order valence-corrected chi connectivity index (χ0v) is 24.2. The SMILES string of the molecule is CCCCCc1ccc(C=O)cc1.NCCC[C@H](N)C(=O)O.NCCc1ccccc1.O=C(O)Cc1ccccc1. The van der Waals surface area contributed by atoms with Crippen molar-refractivity contribution in [2.75, 3.05) is 13.1 Å². The van der Waals surface area contributed by atoms with Gasteiger partial charge in [-0.3, -0.25) is 14.4 Å². The summed E-state index contributed by atoms with van der Waals surface area (Å²) in [7, 11) is 0. The molecule has 0 bridgehead atoms. The first-order valence-electron chi connectivity index (χ1n) is 14.0. The summed E-state index contributed by atoms with van der Waals surface area (Å²) < 4.78 is 0. The highest BCUT2D eigenvalue weighted by atomic mass is 16.4. The Morgan fingerprint density at radius 1 is 0.732 bits per heavy atom. The van der Waals surface area contributed by atoms with Crippen LogP contribution in [0.4, 0.5) is 0 Å². The summed E-state index contributed by atoms with van der Waals surface area (Å²) in [4.78, 5) is 30.6. The van der Waals surface area contributed by atoms with Gasteiger partial charge in [-0.1, -0.05) is 105 Å². The van der Waals surface area contributed by atoms with Crippen LogP contribution in [-0.4, -0.2) is 47.6 Å². The maximum Gasteiger partial charge on any atom is 0.320 e. The van der Waals surface area contributed by atoms with E-state index < -0.39 is 18.0 Å². The molecule has 8 N–H and O–H groups in total. The second-order valence-corrected chi connectivity index (χ2v) is 9.27. The van der Waals surface area contributed by atoms with Crippen molar-refractivity contribution in [3.05, 3.63) is 107 Å². The van der Waals surface area contributed by atoms with Gasteiger partial charge in [0.1, 0.15) is 12.3 Å². The number of carboxylic acids is 2. The Morgan fingerprint density at radius 2 is 1.27 bits per heavy atom. The average Bonchev–Trinajstić information content (AvgIpc) is 2.98. The maximum atomic E-state index is 10.4. The molecule has 8 heteroatoms. The highest BCUT2D eigenvalue weighted by molar-refractivity contribution is 5.74. The number of benzene rings is 3. The molecule has 0 aliphatic heterocycles. The molecule has 0 amide bonds. The maximum absolute atomic E-state index is 10.4. The van der Waals surface area contributed by atoms with Crippen LogP contribution >= 0.6 is 0 Å². The van der Waals surface area contributed by atoms with Crippen LogP contribution in [0.15, 0.2) is 84.9 Å². The highest BCUT2D eigenvalue weighted by Gasteiger charge is 2.08. The second-order valence-electron chi connectivity index (χ2n) is 9.27. The molecule has 0 saturated heterocycles. The van der Waals surface area contributed by atoms with Crippen molar-refractivity contribution in [2.24, 2.45) is 17.2 Å². The van der Waals surface area contributed by atoms with Gasteiger partial charge in [-0.15, -0.1) is 0 Å². The number of unbranched alkanes of at least 4 members (excludes halogenated alkanes) is 2.